The molecule has 182 valence electrons. The van der Waals surface area contributed by atoms with Crippen molar-refractivity contribution in [2.45, 2.75) is 76.4 Å². The molecule has 1 unspecified atom stereocenters. The fraction of sp³-hybridized carbons (Fsp3) is 0.500. The smallest absolute Gasteiger partial charge is 0.244 e. The second kappa shape index (κ2) is 11.5. The fourth-order valence-corrected chi connectivity index (χ4v) is 5.38. The minimum Gasteiger partial charge on any atom is -0.497 e. The van der Waals surface area contributed by atoms with E-state index in [1.54, 1.807) is 7.11 Å². The van der Waals surface area contributed by atoms with Crippen LogP contribution in [0.2, 0.25) is 0 Å². The zero-order valence-electron chi connectivity index (χ0n) is 20.2. The number of primary amides is 1. The Labute approximate surface area is 202 Å². The van der Waals surface area contributed by atoms with Crippen molar-refractivity contribution in [3.8, 4) is 5.75 Å². The first-order chi connectivity index (χ1) is 16.5. The van der Waals surface area contributed by atoms with Gasteiger partial charge in [0, 0.05) is 5.69 Å². The lowest BCUT2D eigenvalue weighted by molar-refractivity contribution is -0.123. The summed E-state index contributed by atoms with van der Waals surface area (Å²) in [7, 11) is 1.64. The van der Waals surface area contributed by atoms with Gasteiger partial charge in [-0.05, 0) is 60.9 Å². The second-order valence-electron chi connectivity index (χ2n) is 9.70. The van der Waals surface area contributed by atoms with Gasteiger partial charge in [-0.3, -0.25) is 14.9 Å². The van der Waals surface area contributed by atoms with Crippen LogP contribution in [0.15, 0.2) is 48.5 Å². The number of anilines is 1. The van der Waals surface area contributed by atoms with Gasteiger partial charge in [0.2, 0.25) is 11.8 Å². The molecule has 2 aromatic rings. The third-order valence-electron chi connectivity index (χ3n) is 7.38. The summed E-state index contributed by atoms with van der Waals surface area (Å²) >= 11 is 0. The zero-order chi connectivity index (χ0) is 23.9. The number of nitrogens with zero attached hydrogens (tertiary/aromatic N) is 1. The minimum absolute atomic E-state index is 0.00955. The highest BCUT2D eigenvalue weighted by Gasteiger charge is 2.33. The van der Waals surface area contributed by atoms with Crippen LogP contribution in [0.3, 0.4) is 0 Å². The molecule has 2 aromatic carbocycles. The van der Waals surface area contributed by atoms with Crippen LogP contribution in [0.1, 0.15) is 62.5 Å². The summed E-state index contributed by atoms with van der Waals surface area (Å²) in [6.07, 6.45) is 9.42. The van der Waals surface area contributed by atoms with E-state index in [1.807, 2.05) is 47.4 Å². The van der Waals surface area contributed by atoms with Crippen molar-refractivity contribution in [1.82, 2.24) is 5.32 Å². The topological polar surface area (TPSA) is 84.7 Å². The number of fused-ring (bicyclic) bond motifs is 1. The van der Waals surface area contributed by atoms with E-state index in [0.29, 0.717) is 25.3 Å². The molecule has 6 heteroatoms. The first-order valence-corrected chi connectivity index (χ1v) is 12.6. The molecule has 1 saturated carbocycles. The third-order valence-corrected chi connectivity index (χ3v) is 7.38. The summed E-state index contributed by atoms with van der Waals surface area (Å²) < 4.78 is 5.27. The number of amides is 2. The van der Waals surface area contributed by atoms with Gasteiger partial charge >= 0.3 is 0 Å². The maximum absolute atomic E-state index is 13.8. The molecule has 1 fully saturated rings. The Morgan fingerprint density at radius 1 is 1.09 bits per heavy atom. The van der Waals surface area contributed by atoms with Gasteiger partial charge in [0.1, 0.15) is 5.75 Å². The van der Waals surface area contributed by atoms with Gasteiger partial charge in [-0.1, -0.05) is 62.4 Å². The van der Waals surface area contributed by atoms with Gasteiger partial charge < -0.3 is 15.4 Å². The molecule has 1 aliphatic carbocycles. The van der Waals surface area contributed by atoms with E-state index in [9.17, 15) is 9.59 Å². The average Bonchev–Trinajstić information content (AvgIpc) is 2.99. The van der Waals surface area contributed by atoms with E-state index in [2.05, 4.69) is 11.4 Å². The number of benzene rings is 2. The molecule has 0 bridgehead atoms. The number of carbonyl (C=O) groups excluding carboxylic acids is 2. The van der Waals surface area contributed by atoms with Crippen molar-refractivity contribution in [3.05, 3.63) is 59.7 Å². The summed E-state index contributed by atoms with van der Waals surface area (Å²) in [6.45, 7) is 0.460. The average molecular weight is 464 g/mol. The molecule has 0 aromatic heterocycles. The van der Waals surface area contributed by atoms with Crippen LogP contribution in [0.5, 0.6) is 5.75 Å². The van der Waals surface area contributed by atoms with Crippen LogP contribution >= 0.6 is 0 Å². The molecule has 0 saturated heterocycles. The van der Waals surface area contributed by atoms with Crippen molar-refractivity contribution in [1.29, 1.82) is 0 Å². The van der Waals surface area contributed by atoms with Gasteiger partial charge in [0.05, 0.1) is 25.7 Å². The molecule has 4 rings (SSSR count). The lowest BCUT2D eigenvalue weighted by Crippen LogP contribution is -2.53. The maximum Gasteiger partial charge on any atom is 0.244 e. The molecule has 1 aliphatic heterocycles. The van der Waals surface area contributed by atoms with Crippen LogP contribution in [0.4, 0.5) is 5.69 Å². The van der Waals surface area contributed by atoms with Gasteiger partial charge in [-0.25, -0.2) is 0 Å². The molecular formula is C28H37N3O3. The Hall–Kier alpha value is -2.86. The van der Waals surface area contributed by atoms with E-state index < -0.39 is 12.1 Å². The Morgan fingerprint density at radius 3 is 2.53 bits per heavy atom. The summed E-state index contributed by atoms with van der Waals surface area (Å²) in [5, 5.41) is 3.37. The predicted molar refractivity (Wildman–Crippen MR) is 135 cm³/mol. The van der Waals surface area contributed by atoms with Crippen LogP contribution in [-0.4, -0.2) is 31.0 Å². The van der Waals surface area contributed by atoms with E-state index >= 15 is 0 Å². The molecule has 2 amide bonds. The maximum atomic E-state index is 13.8. The number of aryl methyl sites for hydroxylation is 1. The Balaban J connectivity index is 1.50. The summed E-state index contributed by atoms with van der Waals surface area (Å²) in [5.41, 5.74) is 8.89. The van der Waals surface area contributed by atoms with Crippen molar-refractivity contribution in [3.63, 3.8) is 0 Å². The van der Waals surface area contributed by atoms with E-state index in [4.69, 9.17) is 10.5 Å². The second-order valence-corrected chi connectivity index (χ2v) is 9.70. The number of ether oxygens (including phenoxy) is 1. The van der Waals surface area contributed by atoms with Gasteiger partial charge in [0.15, 0.2) is 0 Å². The van der Waals surface area contributed by atoms with Crippen LogP contribution in [-0.2, 0) is 22.6 Å². The number of hydrogen-bond acceptors (Lipinski definition) is 4. The number of hydrogen-bond donors (Lipinski definition) is 2. The standard InChI is InChI=1S/C28H37N3O3/c1-34-23-15-11-21(12-16-23)19-31-26-10-6-5-9-22(26)14-18-25(28(31)33)30-24(27(29)32)17-13-20-7-3-2-4-8-20/h5-6,9-12,15-16,20,24-25,30H,2-4,7-8,13-14,17-19H2,1H3,(H2,29,32)/t24-,25?/m0/s1. The van der Waals surface area contributed by atoms with Crippen molar-refractivity contribution >= 4 is 17.5 Å². The number of nitrogens with one attached hydrogen (secondary N) is 1. The van der Waals surface area contributed by atoms with E-state index in [0.717, 1.165) is 35.4 Å². The highest BCUT2D eigenvalue weighted by molar-refractivity contribution is 5.99. The molecule has 34 heavy (non-hydrogen) atoms. The first kappa shape index (κ1) is 24.3. The number of carbonyl (C=O) groups is 2. The molecule has 3 N–H and O–H groups in total. The van der Waals surface area contributed by atoms with Crippen LogP contribution in [0.25, 0.3) is 0 Å². The van der Waals surface area contributed by atoms with Crippen molar-refractivity contribution in [2.75, 3.05) is 12.0 Å². The highest BCUT2D eigenvalue weighted by atomic mass is 16.5. The lowest BCUT2D eigenvalue weighted by Gasteiger charge is -2.29. The summed E-state index contributed by atoms with van der Waals surface area (Å²) in [6, 6.07) is 14.9. The monoisotopic (exact) mass is 463 g/mol. The zero-order valence-corrected chi connectivity index (χ0v) is 20.2. The van der Waals surface area contributed by atoms with Crippen molar-refractivity contribution in [2.24, 2.45) is 11.7 Å². The van der Waals surface area contributed by atoms with Gasteiger partial charge in [-0.15, -0.1) is 0 Å². The largest absolute Gasteiger partial charge is 0.497 e. The molecular weight excluding hydrogens is 426 g/mol. The highest BCUT2D eigenvalue weighted by Crippen LogP contribution is 2.30. The molecule has 0 spiro atoms. The molecule has 1 heterocycles. The van der Waals surface area contributed by atoms with Gasteiger partial charge in [0.25, 0.3) is 0 Å². The molecule has 2 aliphatic rings. The number of nitrogens with two attached hydrogens (primary N) is 1. The Kier molecular flexibility index (Phi) is 8.22. The quantitative estimate of drug-likeness (QED) is 0.579. The van der Waals surface area contributed by atoms with Crippen LogP contribution < -0.4 is 20.7 Å². The molecule has 6 nitrogen and oxygen atoms in total. The number of para-hydroxylation sites is 1. The third kappa shape index (κ3) is 5.98. The molecule has 2 atom stereocenters. The predicted octanol–water partition coefficient (Wildman–Crippen LogP) is 4.35. The van der Waals surface area contributed by atoms with E-state index in [-0.39, 0.29) is 11.8 Å². The lowest BCUT2D eigenvalue weighted by atomic mass is 9.85. The van der Waals surface area contributed by atoms with E-state index in [1.165, 1.54) is 32.1 Å². The SMILES string of the molecule is COc1ccc(CN2C(=O)C(N[C@@H](CCC3CCCCC3)C(N)=O)CCc3ccccc32)cc1. The summed E-state index contributed by atoms with van der Waals surface area (Å²) in [5.74, 6) is 1.07. The Bertz CT molecular complexity index is 969. The summed E-state index contributed by atoms with van der Waals surface area (Å²) in [4.78, 5) is 27.9. The van der Waals surface area contributed by atoms with Crippen molar-refractivity contribution < 1.29 is 14.3 Å². The number of methoxy groups -OCH3 is 1. The molecule has 0 radical (unpaired) electrons. The normalized spacial score (nSPS) is 19.9. The number of rotatable bonds is 9. The fourth-order valence-electron chi connectivity index (χ4n) is 5.38. The Morgan fingerprint density at radius 2 is 1.82 bits per heavy atom. The van der Waals surface area contributed by atoms with Crippen LogP contribution in [0, 0.1) is 5.92 Å². The first-order valence-electron chi connectivity index (χ1n) is 12.6. The minimum atomic E-state index is -0.486. The van der Waals surface area contributed by atoms with Gasteiger partial charge in [-0.2, -0.15) is 0 Å².